The zero-order chi connectivity index (χ0) is 22.0. The molecule has 4 nitrogen and oxygen atoms in total. The van der Waals surface area contributed by atoms with Crippen LogP contribution in [0.3, 0.4) is 0 Å². The molecule has 3 aromatic rings. The minimum absolute atomic E-state index is 0. The van der Waals surface area contributed by atoms with Gasteiger partial charge in [0.05, 0.1) is 0 Å². The zero-order valence-electron chi connectivity index (χ0n) is 18.9. The van der Waals surface area contributed by atoms with Crippen LogP contribution in [0.15, 0.2) is 79.6 Å². The molecule has 1 amide bonds. The Labute approximate surface area is 201 Å². The maximum Gasteiger partial charge on any atom is 0.258 e. The van der Waals surface area contributed by atoms with Crippen LogP contribution in [0.25, 0.3) is 5.70 Å². The van der Waals surface area contributed by atoms with Crippen molar-refractivity contribution in [3.63, 3.8) is 0 Å². The van der Waals surface area contributed by atoms with Crippen molar-refractivity contribution in [1.29, 1.82) is 0 Å². The van der Waals surface area contributed by atoms with Crippen LogP contribution in [0.1, 0.15) is 55.6 Å². The minimum atomic E-state index is -0.832. The zero-order valence-corrected chi connectivity index (χ0v) is 20.5. The topological polar surface area (TPSA) is 51.9 Å². The molecule has 1 heterocycles. The first-order valence-corrected chi connectivity index (χ1v) is 11.2. The van der Waals surface area contributed by atoms with E-state index in [0.717, 1.165) is 42.5 Å². The summed E-state index contributed by atoms with van der Waals surface area (Å²) in [5.41, 5.74) is 8.46. The van der Waals surface area contributed by atoms with Gasteiger partial charge in [-0.25, -0.2) is 9.13 Å². The number of hydrogen-bond acceptors (Lipinski definition) is 1. The molecular weight excluding hydrogens is 462 g/mol. The summed E-state index contributed by atoms with van der Waals surface area (Å²) >= 11 is 0. The molecule has 1 saturated carbocycles. The molecule has 4 rings (SSSR count). The second-order valence-corrected chi connectivity index (χ2v) is 8.61. The van der Waals surface area contributed by atoms with Gasteiger partial charge in [0.15, 0.2) is 0 Å². The third kappa shape index (κ3) is 3.95. The van der Waals surface area contributed by atoms with E-state index < -0.39 is 5.41 Å². The number of carbonyl (C=O) groups is 1. The van der Waals surface area contributed by atoms with Crippen molar-refractivity contribution in [2.75, 3.05) is 0 Å². The molecule has 1 fully saturated rings. The molecule has 1 aliphatic rings. The van der Waals surface area contributed by atoms with E-state index in [1.807, 2.05) is 60.7 Å². The van der Waals surface area contributed by atoms with E-state index in [4.69, 9.17) is 5.73 Å². The molecule has 2 N–H and O–H groups in total. The van der Waals surface area contributed by atoms with Gasteiger partial charge in [-0.1, -0.05) is 74.2 Å². The average molecular weight is 494 g/mol. The van der Waals surface area contributed by atoms with Gasteiger partial charge < -0.3 is 22.7 Å². The lowest BCUT2D eigenvalue weighted by atomic mass is 9.64. The average Bonchev–Trinajstić information content (AvgIpc) is 3.42. The third-order valence-electron chi connectivity index (χ3n) is 7.11. The first-order valence-electron chi connectivity index (χ1n) is 11.2. The van der Waals surface area contributed by atoms with Crippen LogP contribution in [0, 0.1) is 12.8 Å². The maximum atomic E-state index is 13.3. The van der Waals surface area contributed by atoms with Crippen molar-refractivity contribution >= 4 is 11.6 Å². The van der Waals surface area contributed by atoms with E-state index in [0.29, 0.717) is 6.04 Å². The van der Waals surface area contributed by atoms with E-state index >= 15 is 0 Å². The quantitative estimate of drug-likeness (QED) is 0.501. The molecule has 32 heavy (non-hydrogen) atoms. The van der Waals surface area contributed by atoms with Gasteiger partial charge in [-0.3, -0.25) is 4.79 Å². The Morgan fingerprint density at radius 3 is 2.16 bits per heavy atom. The Kier molecular flexibility index (Phi) is 7.40. The third-order valence-corrected chi connectivity index (χ3v) is 7.11. The summed E-state index contributed by atoms with van der Waals surface area (Å²) < 4.78 is 4.52. The Bertz CT molecular complexity index is 1040. The summed E-state index contributed by atoms with van der Waals surface area (Å²) in [7, 11) is 0. The molecule has 0 bridgehead atoms. The van der Waals surface area contributed by atoms with Crippen molar-refractivity contribution in [2.45, 2.75) is 51.0 Å². The summed E-state index contributed by atoms with van der Waals surface area (Å²) in [6.45, 7) is 8.46. The van der Waals surface area contributed by atoms with Gasteiger partial charge in [-0.2, -0.15) is 0 Å². The highest BCUT2D eigenvalue weighted by Crippen LogP contribution is 2.48. The van der Waals surface area contributed by atoms with Crippen LogP contribution < -0.4 is 27.3 Å². The number of primary amides is 1. The Balaban J connectivity index is 0.00000289. The van der Waals surface area contributed by atoms with Crippen molar-refractivity contribution in [2.24, 2.45) is 11.7 Å². The SMILES string of the molecule is C=C(CC)n1cc[n+]([C@@H]2CC[C@H](C(C(N)=O)(c3ccccc3)c3ccccc3)C2)c1C.[Br-]. The van der Waals surface area contributed by atoms with Gasteiger partial charge in [0, 0.05) is 13.3 Å². The summed E-state index contributed by atoms with van der Waals surface area (Å²) in [4.78, 5) is 13.3. The molecule has 0 radical (unpaired) electrons. The largest absolute Gasteiger partial charge is 1.00 e. The maximum absolute atomic E-state index is 13.3. The van der Waals surface area contributed by atoms with E-state index in [1.165, 1.54) is 5.82 Å². The van der Waals surface area contributed by atoms with Crippen LogP contribution >= 0.6 is 0 Å². The molecule has 0 aliphatic heterocycles. The van der Waals surface area contributed by atoms with Crippen molar-refractivity contribution in [1.82, 2.24) is 4.57 Å². The van der Waals surface area contributed by atoms with Gasteiger partial charge in [0.1, 0.15) is 29.5 Å². The van der Waals surface area contributed by atoms with E-state index in [2.05, 4.69) is 42.0 Å². The normalized spacial score (nSPS) is 18.2. The first kappa shape index (κ1) is 24.0. The molecule has 1 aromatic heterocycles. The van der Waals surface area contributed by atoms with E-state index in [1.54, 1.807) is 0 Å². The number of amides is 1. The fraction of sp³-hybridized carbons (Fsp3) is 0.333. The number of rotatable bonds is 7. The number of aromatic nitrogens is 2. The number of hydrogen-bond donors (Lipinski definition) is 1. The van der Waals surface area contributed by atoms with E-state index in [9.17, 15) is 4.79 Å². The molecule has 0 unspecified atom stereocenters. The predicted octanol–water partition coefficient (Wildman–Crippen LogP) is 1.78. The predicted molar refractivity (Wildman–Crippen MR) is 124 cm³/mol. The molecule has 168 valence electrons. The van der Waals surface area contributed by atoms with Crippen LogP contribution in [0.4, 0.5) is 0 Å². The van der Waals surface area contributed by atoms with Gasteiger partial charge >= 0.3 is 0 Å². The van der Waals surface area contributed by atoms with Crippen LogP contribution in [-0.4, -0.2) is 10.5 Å². The highest BCUT2D eigenvalue weighted by molar-refractivity contribution is 5.91. The van der Waals surface area contributed by atoms with Crippen molar-refractivity contribution < 1.29 is 26.3 Å². The standard InChI is InChI=1S/C27H31N3O.BrH/c1-4-20(2)29-17-18-30(21(29)3)25-16-15-24(19-25)27(26(28)31,22-11-7-5-8-12-22)23-13-9-6-10-14-23;/h5-14,17-18,24-25H,2,4,15-16,19H2,1,3H3,(H-,28,31);1H/t24-,25+;/m0./s1. The number of nitrogens with zero attached hydrogens (tertiary/aromatic N) is 2. The Morgan fingerprint density at radius 1 is 1.09 bits per heavy atom. The molecule has 2 aromatic carbocycles. The molecular formula is C27H32BrN3O. The second-order valence-electron chi connectivity index (χ2n) is 8.61. The number of allylic oxidation sites excluding steroid dienone is 1. The highest BCUT2D eigenvalue weighted by Gasteiger charge is 2.51. The number of halogens is 1. The van der Waals surface area contributed by atoms with Crippen molar-refractivity contribution in [3.05, 3.63) is 96.6 Å². The number of benzene rings is 2. The van der Waals surface area contributed by atoms with E-state index in [-0.39, 0.29) is 28.8 Å². The summed E-state index contributed by atoms with van der Waals surface area (Å²) in [5, 5.41) is 0. The molecule has 2 atom stereocenters. The smallest absolute Gasteiger partial charge is 0.258 e. The van der Waals surface area contributed by atoms with Gasteiger partial charge in [-0.05, 0) is 36.3 Å². The first-order chi connectivity index (χ1) is 15.0. The van der Waals surface area contributed by atoms with Gasteiger partial charge in [-0.15, -0.1) is 0 Å². The monoisotopic (exact) mass is 493 g/mol. The van der Waals surface area contributed by atoms with Crippen LogP contribution in [0.2, 0.25) is 0 Å². The van der Waals surface area contributed by atoms with Crippen LogP contribution in [0.5, 0.6) is 0 Å². The fourth-order valence-electron chi connectivity index (χ4n) is 5.50. The van der Waals surface area contributed by atoms with Crippen LogP contribution in [-0.2, 0) is 10.2 Å². The summed E-state index contributed by atoms with van der Waals surface area (Å²) in [5.74, 6) is 1.04. The number of carbonyl (C=O) groups excluding carboxylic acids is 1. The fourth-order valence-corrected chi connectivity index (χ4v) is 5.50. The van der Waals surface area contributed by atoms with Gasteiger partial charge in [0.2, 0.25) is 5.91 Å². The summed E-state index contributed by atoms with van der Waals surface area (Å²) in [6.07, 6.45) is 8.04. The van der Waals surface area contributed by atoms with Gasteiger partial charge in [0.25, 0.3) is 5.82 Å². The lowest BCUT2D eigenvalue weighted by Gasteiger charge is -2.37. The molecule has 0 saturated heterocycles. The number of nitrogens with two attached hydrogens (primary N) is 1. The summed E-state index contributed by atoms with van der Waals surface area (Å²) in [6, 6.07) is 20.5. The lowest BCUT2D eigenvalue weighted by Crippen LogP contribution is -3.00. The molecule has 1 aliphatic carbocycles. The van der Waals surface area contributed by atoms with Crippen molar-refractivity contribution in [3.8, 4) is 0 Å². The lowest BCUT2D eigenvalue weighted by molar-refractivity contribution is -0.726. The second kappa shape index (κ2) is 9.86. The minimum Gasteiger partial charge on any atom is -1.00 e. The Hall–Kier alpha value is -2.66. The highest BCUT2D eigenvalue weighted by atomic mass is 79.9. The molecule has 5 heteroatoms. The molecule has 0 spiro atoms. The number of imidazole rings is 1. The Morgan fingerprint density at radius 2 is 1.66 bits per heavy atom.